The van der Waals surface area contributed by atoms with E-state index < -0.39 is 24.1 Å². The second kappa shape index (κ2) is 9.36. The van der Waals surface area contributed by atoms with Crippen LogP contribution in [0.1, 0.15) is 19.4 Å². The van der Waals surface area contributed by atoms with E-state index in [0.29, 0.717) is 5.02 Å². The third-order valence-electron chi connectivity index (χ3n) is 3.80. The van der Waals surface area contributed by atoms with Gasteiger partial charge in [0.05, 0.1) is 6.61 Å². The van der Waals surface area contributed by atoms with Crippen molar-refractivity contribution in [3.05, 3.63) is 59.1 Å². The van der Waals surface area contributed by atoms with E-state index in [4.69, 9.17) is 21.1 Å². The highest BCUT2D eigenvalue weighted by molar-refractivity contribution is 6.30. The maximum Gasteiger partial charge on any atom is 0.334 e. The summed E-state index contributed by atoms with van der Waals surface area (Å²) < 4.78 is 10.2. The summed E-state index contributed by atoms with van der Waals surface area (Å²) in [5, 5.41) is 10.0. The first kappa shape index (κ1) is 19.9. The van der Waals surface area contributed by atoms with Crippen LogP contribution in [0.15, 0.2) is 48.5 Å². The average Bonchev–Trinajstić information content (AvgIpc) is 2.61. The predicted octanol–water partition coefficient (Wildman–Crippen LogP) is 3.97. The first-order chi connectivity index (χ1) is 12.4. The van der Waals surface area contributed by atoms with Crippen molar-refractivity contribution in [2.24, 2.45) is 0 Å². The molecule has 5 nitrogen and oxygen atoms in total. The molecule has 2 aromatic carbocycles. The zero-order valence-corrected chi connectivity index (χ0v) is 15.4. The van der Waals surface area contributed by atoms with Gasteiger partial charge in [0.15, 0.2) is 12.2 Å². The summed E-state index contributed by atoms with van der Waals surface area (Å²) in [6, 6.07) is 15.0. The van der Waals surface area contributed by atoms with Crippen LogP contribution in [0.5, 0.6) is 0 Å². The second-order valence-electron chi connectivity index (χ2n) is 5.77. The first-order valence-corrected chi connectivity index (χ1v) is 8.68. The summed E-state index contributed by atoms with van der Waals surface area (Å²) in [5.74, 6) is -1.70. The summed E-state index contributed by atoms with van der Waals surface area (Å²) in [4.78, 5) is 23.1. The molecule has 2 unspecified atom stereocenters. The molecule has 0 amide bonds. The molecule has 0 aromatic heterocycles. The van der Waals surface area contributed by atoms with Gasteiger partial charge in [-0.25, -0.2) is 9.59 Å². The summed E-state index contributed by atoms with van der Waals surface area (Å²) >= 11 is 6.01. The van der Waals surface area contributed by atoms with Crippen LogP contribution in [0.2, 0.25) is 5.02 Å². The Hall–Kier alpha value is -2.37. The maximum atomic E-state index is 11.6. The monoisotopic (exact) mass is 376 g/mol. The van der Waals surface area contributed by atoms with Gasteiger partial charge in [0, 0.05) is 11.4 Å². The number of benzene rings is 2. The van der Waals surface area contributed by atoms with E-state index in [1.807, 2.05) is 42.5 Å². The van der Waals surface area contributed by atoms with Crippen LogP contribution in [0, 0.1) is 0 Å². The highest BCUT2D eigenvalue weighted by Gasteiger charge is 2.25. The molecule has 0 radical (unpaired) electrons. The molecule has 1 N–H and O–H groups in total. The van der Waals surface area contributed by atoms with Gasteiger partial charge < -0.3 is 14.6 Å². The zero-order valence-electron chi connectivity index (χ0n) is 14.6. The van der Waals surface area contributed by atoms with Gasteiger partial charge in [-0.05, 0) is 42.7 Å². The molecule has 0 spiro atoms. The molecule has 6 heteroatoms. The Bertz CT molecular complexity index is 757. The normalized spacial score (nSPS) is 13.0. The molecule has 0 saturated heterocycles. The highest BCUT2D eigenvalue weighted by Crippen LogP contribution is 2.23. The third kappa shape index (κ3) is 5.58. The van der Waals surface area contributed by atoms with Crippen LogP contribution in [-0.2, 0) is 25.5 Å². The van der Waals surface area contributed by atoms with Crippen molar-refractivity contribution in [1.29, 1.82) is 0 Å². The minimum Gasteiger partial charge on any atom is -0.479 e. The molecule has 26 heavy (non-hydrogen) atoms. The lowest BCUT2D eigenvalue weighted by Gasteiger charge is -2.18. The molecule has 2 rings (SSSR count). The fraction of sp³-hybridized carbons (Fsp3) is 0.300. The van der Waals surface area contributed by atoms with Crippen LogP contribution in [0.4, 0.5) is 0 Å². The Morgan fingerprint density at radius 3 is 2.38 bits per heavy atom. The van der Waals surface area contributed by atoms with Gasteiger partial charge >= 0.3 is 11.9 Å². The molecule has 0 fully saturated rings. The van der Waals surface area contributed by atoms with Gasteiger partial charge in [-0.2, -0.15) is 0 Å². The van der Waals surface area contributed by atoms with Crippen molar-refractivity contribution >= 4 is 23.5 Å². The minimum absolute atomic E-state index is 0.148. The van der Waals surface area contributed by atoms with Crippen molar-refractivity contribution in [2.45, 2.75) is 32.5 Å². The van der Waals surface area contributed by atoms with E-state index in [2.05, 4.69) is 0 Å². The standard InChI is InChI=1S/C20H21ClO5/c1-3-25-20(24)13(2)26-18(19(22)23)11-14-7-9-15(10-8-14)16-5-4-6-17(21)12-16/h4-10,12-13,18H,3,11H2,1-2H3,(H,22,23). The van der Waals surface area contributed by atoms with E-state index in [9.17, 15) is 14.7 Å². The van der Waals surface area contributed by atoms with Crippen molar-refractivity contribution in [3.63, 3.8) is 0 Å². The van der Waals surface area contributed by atoms with Crippen LogP contribution >= 0.6 is 11.6 Å². The van der Waals surface area contributed by atoms with Crippen molar-refractivity contribution in [1.82, 2.24) is 0 Å². The van der Waals surface area contributed by atoms with Gasteiger partial charge in [0.1, 0.15) is 0 Å². The third-order valence-corrected chi connectivity index (χ3v) is 4.03. The number of carboxylic acid groups (broad SMARTS) is 1. The fourth-order valence-electron chi connectivity index (χ4n) is 2.47. The number of esters is 1. The molecule has 2 aromatic rings. The Kier molecular flexibility index (Phi) is 7.18. The van der Waals surface area contributed by atoms with E-state index in [1.165, 1.54) is 6.92 Å². The quantitative estimate of drug-likeness (QED) is 0.706. The molecule has 0 heterocycles. The van der Waals surface area contributed by atoms with Gasteiger partial charge in [0.2, 0.25) is 0 Å². The number of carbonyl (C=O) groups is 2. The van der Waals surface area contributed by atoms with Gasteiger partial charge in [-0.15, -0.1) is 0 Å². The Balaban J connectivity index is 2.07. The Labute approximate surface area is 157 Å². The largest absolute Gasteiger partial charge is 0.479 e. The number of aliphatic carboxylic acids is 1. The number of hydrogen-bond donors (Lipinski definition) is 1. The van der Waals surface area contributed by atoms with Gasteiger partial charge in [-0.1, -0.05) is 48.0 Å². The van der Waals surface area contributed by atoms with Gasteiger partial charge in [0.25, 0.3) is 0 Å². The van der Waals surface area contributed by atoms with Gasteiger partial charge in [-0.3, -0.25) is 0 Å². The number of halogens is 1. The molecular formula is C20H21ClO5. The predicted molar refractivity (Wildman–Crippen MR) is 99.2 cm³/mol. The molecule has 138 valence electrons. The summed E-state index contributed by atoms with van der Waals surface area (Å²) in [6.45, 7) is 3.38. The fourth-order valence-corrected chi connectivity index (χ4v) is 2.66. The summed E-state index contributed by atoms with van der Waals surface area (Å²) in [7, 11) is 0. The van der Waals surface area contributed by atoms with E-state index >= 15 is 0 Å². The SMILES string of the molecule is CCOC(=O)C(C)OC(Cc1ccc(-c2cccc(Cl)c2)cc1)C(=O)O. The number of ether oxygens (including phenoxy) is 2. The highest BCUT2D eigenvalue weighted by atomic mass is 35.5. The lowest BCUT2D eigenvalue weighted by Crippen LogP contribution is -2.34. The minimum atomic E-state index is -1.13. The molecule has 0 saturated carbocycles. The summed E-state index contributed by atoms with van der Waals surface area (Å²) in [5.41, 5.74) is 2.74. The molecule has 0 aliphatic rings. The number of carbonyl (C=O) groups excluding carboxylic acids is 1. The molecule has 0 bridgehead atoms. The average molecular weight is 377 g/mol. The number of hydrogen-bond acceptors (Lipinski definition) is 4. The van der Waals surface area contributed by atoms with Crippen molar-refractivity contribution in [3.8, 4) is 11.1 Å². The lowest BCUT2D eigenvalue weighted by molar-refractivity contribution is -0.167. The lowest BCUT2D eigenvalue weighted by atomic mass is 10.0. The molecular weight excluding hydrogens is 356 g/mol. The maximum absolute atomic E-state index is 11.6. The van der Waals surface area contributed by atoms with Crippen molar-refractivity contribution < 1.29 is 24.2 Å². The van der Waals surface area contributed by atoms with E-state index in [-0.39, 0.29) is 13.0 Å². The Morgan fingerprint density at radius 2 is 1.81 bits per heavy atom. The van der Waals surface area contributed by atoms with Crippen molar-refractivity contribution in [2.75, 3.05) is 6.61 Å². The topological polar surface area (TPSA) is 72.8 Å². The molecule has 0 aliphatic carbocycles. The smallest absolute Gasteiger partial charge is 0.334 e. The molecule has 0 aliphatic heterocycles. The zero-order chi connectivity index (χ0) is 19.1. The summed E-state index contributed by atoms with van der Waals surface area (Å²) in [6.07, 6.45) is -1.93. The van der Waals surface area contributed by atoms with E-state index in [0.717, 1.165) is 16.7 Å². The van der Waals surface area contributed by atoms with Crippen LogP contribution in [0.3, 0.4) is 0 Å². The van der Waals surface area contributed by atoms with Crippen LogP contribution in [-0.4, -0.2) is 35.9 Å². The van der Waals surface area contributed by atoms with Crippen LogP contribution in [0.25, 0.3) is 11.1 Å². The first-order valence-electron chi connectivity index (χ1n) is 8.30. The molecule has 2 atom stereocenters. The second-order valence-corrected chi connectivity index (χ2v) is 6.21. The number of rotatable bonds is 8. The Morgan fingerprint density at radius 1 is 1.12 bits per heavy atom. The van der Waals surface area contributed by atoms with Crippen LogP contribution < -0.4 is 0 Å². The van der Waals surface area contributed by atoms with E-state index in [1.54, 1.807) is 13.0 Å². The number of carboxylic acids is 1.